The molecule has 1 amide bonds. The van der Waals surface area contributed by atoms with Gasteiger partial charge in [0.25, 0.3) is 5.91 Å². The Morgan fingerprint density at radius 1 is 0.640 bits per heavy atom. The molecule has 3 heteroatoms. The van der Waals surface area contributed by atoms with E-state index in [-0.39, 0.29) is 11.7 Å². The van der Waals surface area contributed by atoms with Gasteiger partial charge in [0.05, 0.1) is 0 Å². The first-order chi connectivity index (χ1) is 12.2. The van der Waals surface area contributed by atoms with Crippen LogP contribution in [0.15, 0.2) is 91.0 Å². The van der Waals surface area contributed by atoms with Crippen LogP contribution in [-0.2, 0) is 0 Å². The van der Waals surface area contributed by atoms with Gasteiger partial charge in [0, 0.05) is 23.2 Å². The average molecular weight is 331 g/mol. The Hall–Kier alpha value is -3.20. The Labute approximate surface area is 148 Å². The van der Waals surface area contributed by atoms with Gasteiger partial charge in [-0.3, -0.25) is 9.59 Å². The second kappa shape index (κ2) is 9.83. The molecule has 25 heavy (non-hydrogen) atoms. The summed E-state index contributed by atoms with van der Waals surface area (Å²) in [4.78, 5) is 23.0. The molecule has 0 aliphatic carbocycles. The zero-order valence-corrected chi connectivity index (χ0v) is 14.2. The predicted octanol–water partition coefficient (Wildman–Crippen LogP) is 4.35. The molecule has 0 radical (unpaired) electrons. The van der Waals surface area contributed by atoms with Crippen molar-refractivity contribution in [2.24, 2.45) is 0 Å². The summed E-state index contributed by atoms with van der Waals surface area (Å²) < 4.78 is 0. The topological polar surface area (TPSA) is 46.2 Å². The minimum atomic E-state index is -0.00639. The standard InChI is InChI=1S/C13H10O.C9H11NO/c14-13(11-7-3-1-4-8-11)12-9-5-2-6-10-12;1-2-10-9(11)8-6-4-3-5-7-8/h1-10H;3-7H,2H2,1H3,(H,10,11). The largest absolute Gasteiger partial charge is 0.352 e. The highest BCUT2D eigenvalue weighted by Gasteiger charge is 2.06. The highest BCUT2D eigenvalue weighted by molar-refractivity contribution is 6.08. The van der Waals surface area contributed by atoms with Crippen LogP contribution >= 0.6 is 0 Å². The molecule has 0 aliphatic rings. The van der Waals surface area contributed by atoms with Crippen molar-refractivity contribution in [3.63, 3.8) is 0 Å². The van der Waals surface area contributed by atoms with Gasteiger partial charge in [-0.25, -0.2) is 0 Å². The molecule has 0 aromatic heterocycles. The van der Waals surface area contributed by atoms with Gasteiger partial charge >= 0.3 is 0 Å². The maximum Gasteiger partial charge on any atom is 0.251 e. The van der Waals surface area contributed by atoms with Gasteiger partial charge in [0.1, 0.15) is 0 Å². The van der Waals surface area contributed by atoms with E-state index >= 15 is 0 Å². The third-order valence-electron chi connectivity index (χ3n) is 3.45. The minimum Gasteiger partial charge on any atom is -0.352 e. The van der Waals surface area contributed by atoms with Crippen molar-refractivity contribution in [2.75, 3.05) is 6.54 Å². The van der Waals surface area contributed by atoms with Crippen molar-refractivity contribution in [2.45, 2.75) is 6.92 Å². The lowest BCUT2D eigenvalue weighted by molar-refractivity contribution is 0.0955. The van der Waals surface area contributed by atoms with Crippen LogP contribution < -0.4 is 5.32 Å². The summed E-state index contributed by atoms with van der Waals surface area (Å²) in [5.74, 6) is 0.0688. The first-order valence-corrected chi connectivity index (χ1v) is 8.20. The molecule has 0 fully saturated rings. The van der Waals surface area contributed by atoms with E-state index < -0.39 is 0 Å². The van der Waals surface area contributed by atoms with Gasteiger partial charge in [-0.2, -0.15) is 0 Å². The molecule has 1 N–H and O–H groups in total. The Morgan fingerprint density at radius 3 is 1.36 bits per heavy atom. The molecule has 0 atom stereocenters. The van der Waals surface area contributed by atoms with Crippen LogP contribution in [0, 0.1) is 0 Å². The SMILES string of the molecule is CCNC(=O)c1ccccc1.O=C(c1ccccc1)c1ccccc1. The summed E-state index contributed by atoms with van der Waals surface area (Å²) in [6.07, 6.45) is 0. The van der Waals surface area contributed by atoms with Crippen molar-refractivity contribution < 1.29 is 9.59 Å². The number of rotatable bonds is 4. The van der Waals surface area contributed by atoms with Gasteiger partial charge in [0.2, 0.25) is 0 Å². The number of hydrogen-bond acceptors (Lipinski definition) is 2. The summed E-state index contributed by atoms with van der Waals surface area (Å²) in [6, 6.07) is 27.8. The van der Waals surface area contributed by atoms with Crippen molar-refractivity contribution in [3.05, 3.63) is 108 Å². The molecule has 3 aromatic carbocycles. The van der Waals surface area contributed by atoms with Crippen LogP contribution in [0.4, 0.5) is 0 Å². The van der Waals surface area contributed by atoms with Crippen molar-refractivity contribution >= 4 is 11.7 Å². The zero-order chi connectivity index (χ0) is 17.9. The lowest BCUT2D eigenvalue weighted by Crippen LogP contribution is -2.22. The monoisotopic (exact) mass is 331 g/mol. The first-order valence-electron chi connectivity index (χ1n) is 8.20. The number of amides is 1. The fraction of sp³-hybridized carbons (Fsp3) is 0.0909. The van der Waals surface area contributed by atoms with Crippen LogP contribution in [0.25, 0.3) is 0 Å². The van der Waals surface area contributed by atoms with Gasteiger partial charge in [-0.15, -0.1) is 0 Å². The molecular weight excluding hydrogens is 310 g/mol. The predicted molar refractivity (Wildman–Crippen MR) is 101 cm³/mol. The van der Waals surface area contributed by atoms with E-state index in [9.17, 15) is 9.59 Å². The maximum atomic E-state index is 11.8. The summed E-state index contributed by atoms with van der Waals surface area (Å²) in [5.41, 5.74) is 2.19. The minimum absolute atomic E-state index is 0.00639. The lowest BCUT2D eigenvalue weighted by Gasteiger charge is -1.99. The highest BCUT2D eigenvalue weighted by atomic mass is 16.1. The fourth-order valence-corrected chi connectivity index (χ4v) is 2.20. The van der Waals surface area contributed by atoms with E-state index in [0.717, 1.165) is 11.1 Å². The van der Waals surface area contributed by atoms with Gasteiger partial charge in [-0.1, -0.05) is 78.9 Å². The quantitative estimate of drug-likeness (QED) is 0.722. The average Bonchev–Trinajstić information content (AvgIpc) is 2.70. The third kappa shape index (κ3) is 5.74. The summed E-state index contributed by atoms with van der Waals surface area (Å²) >= 11 is 0. The van der Waals surface area contributed by atoms with Crippen molar-refractivity contribution in [3.8, 4) is 0 Å². The zero-order valence-electron chi connectivity index (χ0n) is 14.2. The molecule has 3 nitrogen and oxygen atoms in total. The fourth-order valence-electron chi connectivity index (χ4n) is 2.20. The van der Waals surface area contributed by atoms with Gasteiger partial charge in [-0.05, 0) is 19.1 Å². The maximum absolute atomic E-state index is 11.8. The Bertz CT molecular complexity index is 743. The lowest BCUT2D eigenvalue weighted by atomic mass is 10.0. The number of hydrogen-bond donors (Lipinski definition) is 1. The van der Waals surface area contributed by atoms with Crippen LogP contribution in [0.1, 0.15) is 33.2 Å². The summed E-state index contributed by atoms with van der Waals surface area (Å²) in [6.45, 7) is 2.58. The van der Waals surface area contributed by atoms with Crippen molar-refractivity contribution in [1.29, 1.82) is 0 Å². The van der Waals surface area contributed by atoms with E-state index in [0.29, 0.717) is 12.1 Å². The molecule has 126 valence electrons. The number of carbonyl (C=O) groups excluding carboxylic acids is 2. The normalized spacial score (nSPS) is 9.48. The molecule has 0 unspecified atom stereocenters. The molecular formula is C22H21NO2. The van der Waals surface area contributed by atoms with Crippen LogP contribution in [0.3, 0.4) is 0 Å². The van der Waals surface area contributed by atoms with Crippen LogP contribution in [-0.4, -0.2) is 18.2 Å². The number of carbonyl (C=O) groups is 2. The first kappa shape index (κ1) is 18.1. The van der Waals surface area contributed by atoms with Crippen LogP contribution in [0.2, 0.25) is 0 Å². The molecule has 3 aromatic rings. The number of nitrogens with one attached hydrogen (secondary N) is 1. The highest BCUT2D eigenvalue weighted by Crippen LogP contribution is 2.08. The molecule has 0 aliphatic heterocycles. The van der Waals surface area contributed by atoms with E-state index in [1.165, 1.54) is 0 Å². The molecule has 3 rings (SSSR count). The van der Waals surface area contributed by atoms with E-state index in [1.54, 1.807) is 12.1 Å². The molecule has 0 spiro atoms. The Kier molecular flexibility index (Phi) is 7.13. The number of ketones is 1. The molecule has 0 saturated carbocycles. The van der Waals surface area contributed by atoms with Gasteiger partial charge in [0.15, 0.2) is 5.78 Å². The molecule has 0 saturated heterocycles. The Morgan fingerprint density at radius 2 is 1.00 bits per heavy atom. The van der Waals surface area contributed by atoms with Gasteiger partial charge < -0.3 is 5.32 Å². The Balaban J connectivity index is 0.000000186. The summed E-state index contributed by atoms with van der Waals surface area (Å²) in [7, 11) is 0. The van der Waals surface area contributed by atoms with E-state index in [4.69, 9.17) is 0 Å². The molecule has 0 heterocycles. The molecule has 0 bridgehead atoms. The van der Waals surface area contributed by atoms with E-state index in [1.807, 2.05) is 85.8 Å². The second-order valence-electron chi connectivity index (χ2n) is 5.29. The number of benzene rings is 3. The van der Waals surface area contributed by atoms with Crippen LogP contribution in [0.5, 0.6) is 0 Å². The van der Waals surface area contributed by atoms with Crippen molar-refractivity contribution in [1.82, 2.24) is 5.32 Å². The second-order valence-corrected chi connectivity index (χ2v) is 5.29. The van der Waals surface area contributed by atoms with E-state index in [2.05, 4.69) is 5.32 Å². The third-order valence-corrected chi connectivity index (χ3v) is 3.45. The smallest absolute Gasteiger partial charge is 0.251 e. The summed E-state index contributed by atoms with van der Waals surface area (Å²) in [5, 5.41) is 2.72.